The van der Waals surface area contributed by atoms with E-state index in [4.69, 9.17) is 0 Å². The predicted octanol–water partition coefficient (Wildman–Crippen LogP) is 11.4. The minimum absolute atomic E-state index is 1.24. The van der Waals surface area contributed by atoms with Crippen molar-refractivity contribution in [3.05, 3.63) is 46.5 Å². The van der Waals surface area contributed by atoms with Crippen LogP contribution in [-0.4, -0.2) is 0 Å². The van der Waals surface area contributed by atoms with Crippen LogP contribution in [0.25, 0.3) is 12.2 Å². The van der Waals surface area contributed by atoms with E-state index in [1.165, 1.54) is 165 Å². The minimum Gasteiger partial charge on any atom is -0.0839 e. The molecule has 0 amide bonds. The van der Waals surface area contributed by atoms with Gasteiger partial charge in [0.1, 0.15) is 0 Å². The van der Waals surface area contributed by atoms with Gasteiger partial charge in [-0.3, -0.25) is 0 Å². The van der Waals surface area contributed by atoms with E-state index in [1.807, 2.05) is 0 Å². The van der Waals surface area contributed by atoms with E-state index in [2.05, 4.69) is 36.4 Å². The molecular formula is C34H54. The molecule has 190 valence electrons. The number of benzene rings is 1. The quantitative estimate of drug-likeness (QED) is 0.359. The van der Waals surface area contributed by atoms with Crippen LogP contribution in [0.15, 0.2) is 24.3 Å². The molecule has 1 aromatic carbocycles. The van der Waals surface area contributed by atoms with Gasteiger partial charge in [-0.1, -0.05) is 139 Å². The zero-order valence-electron chi connectivity index (χ0n) is 22.4. The lowest BCUT2D eigenvalue weighted by atomic mass is 9.90. The van der Waals surface area contributed by atoms with Crippen molar-refractivity contribution in [2.45, 2.75) is 154 Å². The molecule has 3 aliphatic carbocycles. The zero-order valence-corrected chi connectivity index (χ0v) is 22.4. The van der Waals surface area contributed by atoms with E-state index in [0.717, 1.165) is 0 Å². The molecule has 0 N–H and O–H groups in total. The van der Waals surface area contributed by atoms with Crippen molar-refractivity contribution in [3.8, 4) is 0 Å². The molecule has 34 heavy (non-hydrogen) atoms. The van der Waals surface area contributed by atoms with Gasteiger partial charge in [0.05, 0.1) is 0 Å². The maximum atomic E-state index is 2.56. The van der Waals surface area contributed by atoms with Gasteiger partial charge in [0.25, 0.3) is 0 Å². The highest BCUT2D eigenvalue weighted by Crippen LogP contribution is 2.26. The highest BCUT2D eigenvalue weighted by molar-refractivity contribution is 5.65. The smallest absolute Gasteiger partial charge is 0.0219 e. The van der Waals surface area contributed by atoms with Gasteiger partial charge >= 0.3 is 0 Å². The second kappa shape index (κ2) is 18.0. The first kappa shape index (κ1) is 27.3. The van der Waals surface area contributed by atoms with E-state index in [1.54, 1.807) is 11.1 Å². The van der Waals surface area contributed by atoms with Gasteiger partial charge < -0.3 is 0 Å². The van der Waals surface area contributed by atoms with Crippen molar-refractivity contribution >= 4 is 12.2 Å². The third kappa shape index (κ3) is 11.4. The molecule has 0 atom stereocenters. The van der Waals surface area contributed by atoms with Crippen LogP contribution in [-0.2, 0) is 12.8 Å². The normalized spacial score (nSPS) is 23.3. The fourth-order valence-electron chi connectivity index (χ4n) is 5.92. The third-order valence-electron chi connectivity index (χ3n) is 8.11. The Balaban J connectivity index is 1.79. The average molecular weight is 463 g/mol. The number of rotatable bonds is 0. The van der Waals surface area contributed by atoms with Crippen LogP contribution < -0.4 is 0 Å². The van der Waals surface area contributed by atoms with Gasteiger partial charge in [-0.15, -0.1) is 0 Å². The van der Waals surface area contributed by atoms with Crippen molar-refractivity contribution in [2.24, 2.45) is 0 Å². The van der Waals surface area contributed by atoms with Gasteiger partial charge in [0.2, 0.25) is 0 Å². The van der Waals surface area contributed by atoms with E-state index in [-0.39, 0.29) is 0 Å². The standard InChI is InChI=1S/C34H54/c1-4-8-12-16-20-24-28-34-32-26-22-18-14-10-6-2-3-7-11-15-19-23-27-33(34)30-31(29-32)25-21-17-13-9-5-1/h22-23,26-27,29-30H,1-21,24-25,28H2/b26-22-,27-23-. The molecule has 0 fully saturated rings. The first-order valence-electron chi connectivity index (χ1n) is 15.4. The van der Waals surface area contributed by atoms with Crippen molar-refractivity contribution in [3.63, 3.8) is 0 Å². The summed E-state index contributed by atoms with van der Waals surface area (Å²) < 4.78 is 0. The average Bonchev–Trinajstić information content (AvgIpc) is 2.84. The monoisotopic (exact) mass is 462 g/mol. The van der Waals surface area contributed by atoms with Gasteiger partial charge in [-0.25, -0.2) is 0 Å². The van der Waals surface area contributed by atoms with Crippen LogP contribution in [0.1, 0.15) is 164 Å². The van der Waals surface area contributed by atoms with Crippen LogP contribution in [0.5, 0.6) is 0 Å². The minimum atomic E-state index is 1.24. The van der Waals surface area contributed by atoms with Crippen molar-refractivity contribution in [1.82, 2.24) is 0 Å². The summed E-state index contributed by atoms with van der Waals surface area (Å²) in [7, 11) is 0. The SMILES string of the molecule is C1=C\c2cc3cc(c2CCCCCCCCCCCCCC3)/C=C\CCCCCCCCCC/1. The Kier molecular flexibility index (Phi) is 14.5. The zero-order chi connectivity index (χ0) is 23.5. The van der Waals surface area contributed by atoms with Gasteiger partial charge in [-0.05, 0) is 73.6 Å². The number of hydrogen-bond donors (Lipinski definition) is 0. The summed E-state index contributed by atoms with van der Waals surface area (Å²) in [6.07, 6.45) is 43.3. The summed E-state index contributed by atoms with van der Waals surface area (Å²) in [5, 5.41) is 0. The van der Waals surface area contributed by atoms with E-state index < -0.39 is 0 Å². The molecule has 0 saturated heterocycles. The molecule has 0 radical (unpaired) electrons. The van der Waals surface area contributed by atoms with Crippen LogP contribution in [0.4, 0.5) is 0 Å². The third-order valence-corrected chi connectivity index (χ3v) is 8.11. The lowest BCUT2D eigenvalue weighted by Gasteiger charge is -2.15. The maximum Gasteiger partial charge on any atom is -0.0219 e. The summed E-state index contributed by atoms with van der Waals surface area (Å²) in [6, 6.07) is 5.11. The van der Waals surface area contributed by atoms with Gasteiger partial charge in [0, 0.05) is 0 Å². The first-order chi connectivity index (χ1) is 16.9. The molecule has 4 rings (SSSR count). The Labute approximate surface area is 212 Å². The van der Waals surface area contributed by atoms with Gasteiger partial charge in [-0.2, -0.15) is 0 Å². The molecule has 0 unspecified atom stereocenters. The number of aryl methyl sites for hydroxylation is 1. The molecule has 0 heteroatoms. The predicted molar refractivity (Wildman–Crippen MR) is 153 cm³/mol. The van der Waals surface area contributed by atoms with Crippen LogP contribution in [0.2, 0.25) is 0 Å². The lowest BCUT2D eigenvalue weighted by molar-refractivity contribution is 0.540. The van der Waals surface area contributed by atoms with Crippen molar-refractivity contribution in [2.75, 3.05) is 0 Å². The highest BCUT2D eigenvalue weighted by atomic mass is 14.1. The number of hydrogen-bond acceptors (Lipinski definition) is 0. The molecule has 0 aliphatic heterocycles. The Hall–Kier alpha value is -1.30. The molecule has 0 saturated carbocycles. The van der Waals surface area contributed by atoms with E-state index in [0.29, 0.717) is 0 Å². The lowest BCUT2D eigenvalue weighted by Crippen LogP contribution is -1.99. The fraction of sp³-hybridized carbons (Fsp3) is 0.706. The van der Waals surface area contributed by atoms with Crippen molar-refractivity contribution in [1.29, 1.82) is 0 Å². The molecule has 0 spiro atoms. The van der Waals surface area contributed by atoms with Crippen LogP contribution in [0.3, 0.4) is 0 Å². The van der Waals surface area contributed by atoms with Crippen LogP contribution >= 0.6 is 0 Å². The summed E-state index contributed by atoms with van der Waals surface area (Å²) in [5.41, 5.74) is 6.26. The molecule has 3 aliphatic rings. The summed E-state index contributed by atoms with van der Waals surface area (Å²) in [4.78, 5) is 0. The molecule has 0 nitrogen and oxygen atoms in total. The molecule has 0 aromatic heterocycles. The first-order valence-corrected chi connectivity index (χ1v) is 15.4. The highest BCUT2D eigenvalue weighted by Gasteiger charge is 2.09. The largest absolute Gasteiger partial charge is 0.0839 e. The Morgan fingerprint density at radius 2 is 0.706 bits per heavy atom. The molecular weight excluding hydrogens is 408 g/mol. The molecule has 1 aromatic rings. The van der Waals surface area contributed by atoms with Crippen LogP contribution in [0, 0.1) is 0 Å². The Morgan fingerprint density at radius 1 is 0.353 bits per heavy atom. The van der Waals surface area contributed by atoms with Crippen molar-refractivity contribution < 1.29 is 0 Å². The number of allylic oxidation sites excluding steroid dienone is 2. The van der Waals surface area contributed by atoms with E-state index in [9.17, 15) is 0 Å². The maximum absolute atomic E-state index is 2.56. The second-order valence-electron chi connectivity index (χ2n) is 11.2. The Bertz CT molecular complexity index is 664. The topological polar surface area (TPSA) is 0 Å². The molecule has 0 heterocycles. The summed E-state index contributed by atoms with van der Waals surface area (Å²) in [5.74, 6) is 0. The molecule has 4 bridgehead atoms. The second-order valence-corrected chi connectivity index (χ2v) is 11.2. The van der Waals surface area contributed by atoms with Gasteiger partial charge in [0.15, 0.2) is 0 Å². The number of fused-ring (bicyclic) bond motifs is 13. The summed E-state index contributed by atoms with van der Waals surface area (Å²) >= 11 is 0. The fourth-order valence-corrected chi connectivity index (χ4v) is 5.92. The Morgan fingerprint density at radius 3 is 1.15 bits per heavy atom. The van der Waals surface area contributed by atoms with E-state index >= 15 is 0 Å². The summed E-state index contributed by atoms with van der Waals surface area (Å²) in [6.45, 7) is 0.